The van der Waals surface area contributed by atoms with Crippen LogP contribution in [0.25, 0.3) is 0 Å². The molecule has 1 aromatic rings. The number of carbonyl (C=O) groups is 1. The number of nitrogens with one attached hydrogen (secondary N) is 2. The van der Waals surface area contributed by atoms with E-state index in [0.29, 0.717) is 18.5 Å². The Morgan fingerprint density at radius 1 is 1.32 bits per heavy atom. The van der Waals surface area contributed by atoms with Gasteiger partial charge in [0.15, 0.2) is 0 Å². The molecule has 0 aromatic heterocycles. The zero-order chi connectivity index (χ0) is 16.2. The molecule has 2 N–H and O–H groups in total. The van der Waals surface area contributed by atoms with Crippen LogP contribution in [0.5, 0.6) is 0 Å². The number of benzene rings is 1. The van der Waals surface area contributed by atoms with Crippen LogP contribution in [0, 0.1) is 0 Å². The highest BCUT2D eigenvalue weighted by Gasteiger charge is 2.29. The molecular formula is C17H25ClN2O2. The van der Waals surface area contributed by atoms with Crippen LogP contribution in [0.3, 0.4) is 0 Å². The fourth-order valence-electron chi connectivity index (χ4n) is 2.57. The second-order valence-corrected chi connectivity index (χ2v) is 7.24. The molecular weight excluding hydrogens is 300 g/mol. The maximum atomic E-state index is 11.5. The van der Waals surface area contributed by atoms with Crippen molar-refractivity contribution in [1.29, 1.82) is 0 Å². The molecule has 1 saturated carbocycles. The Kier molecular flexibility index (Phi) is 5.70. The van der Waals surface area contributed by atoms with Crippen LogP contribution in [0.15, 0.2) is 24.3 Å². The number of carbonyl (C=O) groups excluding carboxylic acids is 1. The molecule has 1 aliphatic carbocycles. The summed E-state index contributed by atoms with van der Waals surface area (Å²) in [5, 5.41) is 7.00. The lowest BCUT2D eigenvalue weighted by Crippen LogP contribution is -2.44. The van der Waals surface area contributed by atoms with Gasteiger partial charge in [-0.05, 0) is 57.2 Å². The Morgan fingerprint density at radius 3 is 2.68 bits per heavy atom. The first-order valence-corrected chi connectivity index (χ1v) is 8.17. The predicted octanol–water partition coefficient (Wildman–Crippen LogP) is 3.70. The molecule has 0 saturated heterocycles. The molecule has 0 aliphatic heterocycles. The Hall–Kier alpha value is -1.26. The third kappa shape index (κ3) is 5.50. The van der Waals surface area contributed by atoms with Crippen molar-refractivity contribution in [3.8, 4) is 0 Å². The van der Waals surface area contributed by atoms with Crippen molar-refractivity contribution in [3.05, 3.63) is 34.9 Å². The van der Waals surface area contributed by atoms with E-state index in [1.54, 1.807) is 0 Å². The van der Waals surface area contributed by atoms with Crippen molar-refractivity contribution in [2.24, 2.45) is 0 Å². The lowest BCUT2D eigenvalue weighted by molar-refractivity contribution is 0.0527. The van der Waals surface area contributed by atoms with Gasteiger partial charge in [0.1, 0.15) is 5.60 Å². The van der Waals surface area contributed by atoms with E-state index >= 15 is 0 Å². The molecule has 2 rings (SSSR count). The fraction of sp³-hybridized carbons (Fsp3) is 0.588. The molecule has 0 unspecified atom stereocenters. The molecule has 0 heterocycles. The smallest absolute Gasteiger partial charge is 0.407 e. The second-order valence-electron chi connectivity index (χ2n) is 6.80. The lowest BCUT2D eigenvalue weighted by atomic mass is 9.76. The third-order valence-electron chi connectivity index (χ3n) is 3.68. The van der Waals surface area contributed by atoms with Crippen molar-refractivity contribution < 1.29 is 9.53 Å². The maximum absolute atomic E-state index is 11.5. The van der Waals surface area contributed by atoms with E-state index in [4.69, 9.17) is 16.3 Å². The van der Waals surface area contributed by atoms with Crippen LogP contribution in [0.2, 0.25) is 5.02 Å². The van der Waals surface area contributed by atoms with E-state index in [-0.39, 0.29) is 6.09 Å². The van der Waals surface area contributed by atoms with E-state index in [2.05, 4.69) is 16.7 Å². The highest BCUT2D eigenvalue weighted by molar-refractivity contribution is 6.30. The summed E-state index contributed by atoms with van der Waals surface area (Å²) in [6.45, 7) is 6.90. The average molecular weight is 325 g/mol. The van der Waals surface area contributed by atoms with Gasteiger partial charge in [-0.15, -0.1) is 0 Å². The SMILES string of the molecule is CC(C)(C)OC(=O)NCCNC1CC(c2cccc(Cl)c2)C1. The van der Waals surface area contributed by atoms with Gasteiger partial charge >= 0.3 is 6.09 Å². The van der Waals surface area contributed by atoms with E-state index in [9.17, 15) is 4.79 Å². The van der Waals surface area contributed by atoms with E-state index in [0.717, 1.165) is 24.4 Å². The van der Waals surface area contributed by atoms with Crippen LogP contribution in [-0.4, -0.2) is 30.8 Å². The second kappa shape index (κ2) is 7.34. The van der Waals surface area contributed by atoms with Gasteiger partial charge in [-0.25, -0.2) is 4.79 Å². The summed E-state index contributed by atoms with van der Waals surface area (Å²) in [5.74, 6) is 0.593. The summed E-state index contributed by atoms with van der Waals surface area (Å²) >= 11 is 6.02. The summed E-state index contributed by atoms with van der Waals surface area (Å²) in [6, 6.07) is 8.61. The molecule has 1 aromatic carbocycles. The standard InChI is InChI=1S/C17H25ClN2O2/c1-17(2,3)22-16(21)20-8-7-19-15-10-13(11-15)12-5-4-6-14(18)9-12/h4-6,9,13,15,19H,7-8,10-11H2,1-3H3,(H,20,21). The first-order valence-electron chi connectivity index (χ1n) is 7.79. The highest BCUT2D eigenvalue weighted by Crippen LogP contribution is 2.37. The van der Waals surface area contributed by atoms with Crippen LogP contribution >= 0.6 is 11.6 Å². The quantitative estimate of drug-likeness (QED) is 0.812. The molecule has 0 spiro atoms. The number of halogens is 1. The van der Waals surface area contributed by atoms with Crippen LogP contribution < -0.4 is 10.6 Å². The fourth-order valence-corrected chi connectivity index (χ4v) is 2.77. The largest absolute Gasteiger partial charge is 0.444 e. The van der Waals surface area contributed by atoms with Crippen LogP contribution in [-0.2, 0) is 4.74 Å². The van der Waals surface area contributed by atoms with Gasteiger partial charge in [0, 0.05) is 24.2 Å². The normalized spacial score (nSPS) is 21.1. The number of rotatable bonds is 5. The monoisotopic (exact) mass is 324 g/mol. The molecule has 122 valence electrons. The number of hydrogen-bond acceptors (Lipinski definition) is 3. The molecule has 1 aliphatic rings. The Balaban J connectivity index is 1.58. The number of ether oxygens (including phenoxy) is 1. The summed E-state index contributed by atoms with van der Waals surface area (Å²) in [6.07, 6.45) is 1.87. The van der Waals surface area contributed by atoms with Crippen molar-refractivity contribution in [2.75, 3.05) is 13.1 Å². The minimum Gasteiger partial charge on any atom is -0.444 e. The molecule has 22 heavy (non-hydrogen) atoms. The maximum Gasteiger partial charge on any atom is 0.407 e. The molecule has 4 nitrogen and oxygen atoms in total. The summed E-state index contributed by atoms with van der Waals surface area (Å²) in [5.41, 5.74) is 0.868. The summed E-state index contributed by atoms with van der Waals surface area (Å²) in [4.78, 5) is 11.5. The number of amides is 1. The Bertz CT molecular complexity index is 508. The zero-order valence-corrected chi connectivity index (χ0v) is 14.2. The average Bonchev–Trinajstić information content (AvgIpc) is 2.34. The molecule has 0 bridgehead atoms. The number of alkyl carbamates (subject to hydrolysis) is 1. The van der Waals surface area contributed by atoms with E-state index in [1.165, 1.54) is 5.56 Å². The first-order chi connectivity index (χ1) is 10.3. The number of hydrogen-bond donors (Lipinski definition) is 2. The molecule has 1 amide bonds. The molecule has 5 heteroatoms. The van der Waals surface area contributed by atoms with Gasteiger partial charge in [0.05, 0.1) is 0 Å². The summed E-state index contributed by atoms with van der Waals surface area (Å²) in [7, 11) is 0. The van der Waals surface area contributed by atoms with Crippen molar-refractivity contribution in [1.82, 2.24) is 10.6 Å². The van der Waals surface area contributed by atoms with Crippen molar-refractivity contribution in [2.45, 2.75) is 51.2 Å². The van der Waals surface area contributed by atoms with Gasteiger partial charge in [0.2, 0.25) is 0 Å². The van der Waals surface area contributed by atoms with E-state index < -0.39 is 5.60 Å². The molecule has 0 atom stereocenters. The zero-order valence-electron chi connectivity index (χ0n) is 13.5. The molecule has 1 fully saturated rings. The Labute approximate surface area is 137 Å². The van der Waals surface area contributed by atoms with Gasteiger partial charge < -0.3 is 15.4 Å². The minimum absolute atomic E-state index is 0.361. The predicted molar refractivity (Wildman–Crippen MR) is 89.5 cm³/mol. The van der Waals surface area contributed by atoms with Crippen molar-refractivity contribution >= 4 is 17.7 Å². The van der Waals surface area contributed by atoms with Gasteiger partial charge in [-0.1, -0.05) is 23.7 Å². The topological polar surface area (TPSA) is 50.4 Å². The minimum atomic E-state index is -0.449. The molecule has 0 radical (unpaired) electrons. The summed E-state index contributed by atoms with van der Waals surface area (Å²) < 4.78 is 5.18. The lowest BCUT2D eigenvalue weighted by Gasteiger charge is -2.36. The highest BCUT2D eigenvalue weighted by atomic mass is 35.5. The first kappa shape index (κ1) is 17.1. The van der Waals surface area contributed by atoms with Crippen molar-refractivity contribution in [3.63, 3.8) is 0 Å². The van der Waals surface area contributed by atoms with Gasteiger partial charge in [-0.3, -0.25) is 0 Å². The van der Waals surface area contributed by atoms with Gasteiger partial charge in [0.25, 0.3) is 0 Å². The van der Waals surface area contributed by atoms with Crippen LogP contribution in [0.1, 0.15) is 45.1 Å². The third-order valence-corrected chi connectivity index (χ3v) is 3.92. The Morgan fingerprint density at radius 2 is 2.05 bits per heavy atom. The van der Waals surface area contributed by atoms with Gasteiger partial charge in [-0.2, -0.15) is 0 Å². The van der Waals surface area contributed by atoms with Crippen LogP contribution in [0.4, 0.5) is 4.79 Å². The van der Waals surface area contributed by atoms with E-state index in [1.807, 2.05) is 39.0 Å².